The summed E-state index contributed by atoms with van der Waals surface area (Å²) >= 11 is 0. The molecule has 0 saturated carbocycles. The van der Waals surface area contributed by atoms with Gasteiger partial charge in [-0.1, -0.05) is 30.3 Å². The molecule has 1 aliphatic rings. The molecule has 0 bridgehead atoms. The van der Waals surface area contributed by atoms with Crippen molar-refractivity contribution in [2.24, 2.45) is 0 Å². The Hall–Kier alpha value is -2.37. The third-order valence-corrected chi connectivity index (χ3v) is 3.54. The quantitative estimate of drug-likeness (QED) is 0.795. The summed E-state index contributed by atoms with van der Waals surface area (Å²) in [6.07, 6.45) is -0.159. The number of benzene rings is 1. The lowest BCUT2D eigenvalue weighted by Crippen LogP contribution is -2.52. The first-order valence-corrected chi connectivity index (χ1v) is 7.98. The molecular formula is C18H23NO5. The van der Waals surface area contributed by atoms with E-state index < -0.39 is 23.7 Å². The van der Waals surface area contributed by atoms with E-state index in [1.807, 2.05) is 30.3 Å². The zero-order valence-electron chi connectivity index (χ0n) is 14.3. The van der Waals surface area contributed by atoms with Gasteiger partial charge < -0.3 is 9.47 Å². The molecule has 24 heavy (non-hydrogen) atoms. The maximum absolute atomic E-state index is 12.4. The van der Waals surface area contributed by atoms with Crippen molar-refractivity contribution >= 4 is 17.8 Å². The Balaban J connectivity index is 2.02. The van der Waals surface area contributed by atoms with Crippen LogP contribution < -0.4 is 0 Å². The summed E-state index contributed by atoms with van der Waals surface area (Å²) in [5.41, 5.74) is 0.164. The molecule has 6 nitrogen and oxygen atoms in total. The van der Waals surface area contributed by atoms with Gasteiger partial charge in [0.15, 0.2) is 5.78 Å². The first-order valence-electron chi connectivity index (χ1n) is 7.98. The highest BCUT2D eigenvalue weighted by atomic mass is 16.6. The van der Waals surface area contributed by atoms with E-state index >= 15 is 0 Å². The Morgan fingerprint density at radius 2 is 1.88 bits per heavy atom. The summed E-state index contributed by atoms with van der Waals surface area (Å²) in [5.74, 6) is -0.606. The van der Waals surface area contributed by atoms with E-state index in [4.69, 9.17) is 9.47 Å². The van der Waals surface area contributed by atoms with E-state index in [0.717, 1.165) is 5.56 Å². The Labute approximate surface area is 141 Å². The van der Waals surface area contributed by atoms with Crippen molar-refractivity contribution in [1.82, 2.24) is 4.90 Å². The number of carbonyl (C=O) groups excluding carboxylic acids is 3. The van der Waals surface area contributed by atoms with Gasteiger partial charge in [-0.15, -0.1) is 0 Å². The molecule has 130 valence electrons. The molecule has 0 spiro atoms. The van der Waals surface area contributed by atoms with E-state index in [0.29, 0.717) is 0 Å². The number of hydrogen-bond donors (Lipinski definition) is 0. The molecule has 1 aromatic rings. The number of Topliss-reactive ketones (excluding diaryl/α,β-unsaturated/α-hetero) is 1. The number of carbonyl (C=O) groups is 3. The lowest BCUT2D eigenvalue weighted by molar-refractivity contribution is -0.153. The van der Waals surface area contributed by atoms with Crippen LogP contribution in [0.3, 0.4) is 0 Å². The summed E-state index contributed by atoms with van der Waals surface area (Å²) in [5, 5.41) is 0. The smallest absolute Gasteiger partial charge is 0.411 e. The Kier molecular flexibility index (Phi) is 5.59. The molecule has 0 aromatic heterocycles. The van der Waals surface area contributed by atoms with Gasteiger partial charge in [0.25, 0.3) is 0 Å². The van der Waals surface area contributed by atoms with Crippen molar-refractivity contribution in [3.05, 3.63) is 35.9 Å². The van der Waals surface area contributed by atoms with Crippen molar-refractivity contribution in [3.63, 3.8) is 0 Å². The number of ketones is 1. The van der Waals surface area contributed by atoms with Crippen LogP contribution in [0.1, 0.15) is 39.2 Å². The highest BCUT2D eigenvalue weighted by molar-refractivity contribution is 5.90. The number of amides is 1. The topological polar surface area (TPSA) is 72.9 Å². The second-order valence-corrected chi connectivity index (χ2v) is 6.79. The summed E-state index contributed by atoms with van der Waals surface area (Å²) < 4.78 is 10.6. The third-order valence-electron chi connectivity index (χ3n) is 3.54. The zero-order valence-corrected chi connectivity index (χ0v) is 14.3. The number of ether oxygens (including phenoxy) is 2. The number of nitrogens with zero attached hydrogens (tertiary/aromatic N) is 1. The van der Waals surface area contributed by atoms with Crippen LogP contribution in [-0.4, -0.2) is 40.9 Å². The average Bonchev–Trinajstić information content (AvgIpc) is 2.52. The van der Waals surface area contributed by atoms with E-state index in [1.165, 1.54) is 4.90 Å². The predicted octanol–water partition coefficient (Wildman–Crippen LogP) is 2.70. The molecule has 1 aliphatic heterocycles. The van der Waals surface area contributed by atoms with E-state index in [2.05, 4.69) is 0 Å². The van der Waals surface area contributed by atoms with Crippen molar-refractivity contribution in [1.29, 1.82) is 0 Å². The molecule has 0 N–H and O–H groups in total. The number of rotatable bonds is 3. The molecule has 1 saturated heterocycles. The van der Waals surface area contributed by atoms with Crippen LogP contribution in [0.5, 0.6) is 0 Å². The minimum Gasteiger partial charge on any atom is -0.459 e. The maximum atomic E-state index is 12.4. The summed E-state index contributed by atoms with van der Waals surface area (Å²) in [6, 6.07) is 8.50. The van der Waals surface area contributed by atoms with Gasteiger partial charge in [0, 0.05) is 6.42 Å². The lowest BCUT2D eigenvalue weighted by atomic mass is 10.0. The lowest BCUT2D eigenvalue weighted by Gasteiger charge is -2.34. The average molecular weight is 333 g/mol. The Morgan fingerprint density at radius 1 is 1.21 bits per heavy atom. The monoisotopic (exact) mass is 333 g/mol. The van der Waals surface area contributed by atoms with Gasteiger partial charge in [-0.05, 0) is 32.8 Å². The summed E-state index contributed by atoms with van der Waals surface area (Å²) in [7, 11) is 0. The molecule has 1 fully saturated rings. The normalized spacial score (nSPS) is 18.2. The molecular weight excluding hydrogens is 310 g/mol. The number of esters is 1. The maximum Gasteiger partial charge on any atom is 0.411 e. The van der Waals surface area contributed by atoms with E-state index in [-0.39, 0.29) is 31.8 Å². The number of piperidine rings is 1. The molecule has 0 radical (unpaired) electrons. The molecule has 1 aromatic carbocycles. The van der Waals surface area contributed by atoms with Crippen molar-refractivity contribution in [2.45, 2.75) is 51.9 Å². The Morgan fingerprint density at radius 3 is 2.50 bits per heavy atom. The van der Waals surface area contributed by atoms with Gasteiger partial charge in [0.05, 0.1) is 6.54 Å². The molecule has 1 atom stereocenters. The fraction of sp³-hybridized carbons (Fsp3) is 0.500. The molecule has 6 heteroatoms. The van der Waals surface area contributed by atoms with Gasteiger partial charge in [0.2, 0.25) is 0 Å². The highest BCUT2D eigenvalue weighted by Crippen LogP contribution is 2.20. The molecule has 1 heterocycles. The first kappa shape index (κ1) is 18.0. The molecule has 1 amide bonds. The van der Waals surface area contributed by atoms with Gasteiger partial charge in [-0.2, -0.15) is 0 Å². The van der Waals surface area contributed by atoms with Crippen LogP contribution in [0.4, 0.5) is 4.79 Å². The SMILES string of the molecule is CC(C)(C)OC(=O)N1CC(=O)CCC1C(=O)OCc1ccccc1. The second-order valence-electron chi connectivity index (χ2n) is 6.79. The van der Waals surface area contributed by atoms with Crippen molar-refractivity contribution in [3.8, 4) is 0 Å². The van der Waals surface area contributed by atoms with Gasteiger partial charge >= 0.3 is 12.1 Å². The minimum atomic E-state index is -0.790. The van der Waals surface area contributed by atoms with Crippen LogP contribution in [0.2, 0.25) is 0 Å². The fourth-order valence-corrected chi connectivity index (χ4v) is 2.42. The van der Waals surface area contributed by atoms with Crippen LogP contribution in [-0.2, 0) is 25.7 Å². The second kappa shape index (κ2) is 7.47. The van der Waals surface area contributed by atoms with Crippen LogP contribution >= 0.6 is 0 Å². The highest BCUT2D eigenvalue weighted by Gasteiger charge is 2.38. The van der Waals surface area contributed by atoms with E-state index in [1.54, 1.807) is 20.8 Å². The number of likely N-dealkylation sites (tertiary alicyclic amines) is 1. The fourth-order valence-electron chi connectivity index (χ4n) is 2.42. The van der Waals surface area contributed by atoms with E-state index in [9.17, 15) is 14.4 Å². The first-order chi connectivity index (χ1) is 11.3. The van der Waals surface area contributed by atoms with Gasteiger partial charge in [-0.25, -0.2) is 9.59 Å². The van der Waals surface area contributed by atoms with Gasteiger partial charge in [0.1, 0.15) is 18.2 Å². The molecule has 0 aliphatic carbocycles. The molecule has 2 rings (SSSR count). The number of hydrogen-bond acceptors (Lipinski definition) is 5. The van der Waals surface area contributed by atoms with Crippen LogP contribution in [0.15, 0.2) is 30.3 Å². The molecule has 1 unspecified atom stereocenters. The van der Waals surface area contributed by atoms with Gasteiger partial charge in [-0.3, -0.25) is 9.69 Å². The Bertz CT molecular complexity index is 606. The van der Waals surface area contributed by atoms with Crippen LogP contribution in [0, 0.1) is 0 Å². The minimum absolute atomic E-state index is 0.0898. The van der Waals surface area contributed by atoms with Crippen molar-refractivity contribution in [2.75, 3.05) is 6.54 Å². The third kappa shape index (κ3) is 5.08. The summed E-state index contributed by atoms with van der Waals surface area (Å²) in [6.45, 7) is 5.21. The predicted molar refractivity (Wildman–Crippen MR) is 87.2 cm³/mol. The largest absolute Gasteiger partial charge is 0.459 e. The summed E-state index contributed by atoms with van der Waals surface area (Å²) in [4.78, 5) is 37.5. The van der Waals surface area contributed by atoms with Crippen LogP contribution in [0.25, 0.3) is 0 Å². The zero-order chi connectivity index (χ0) is 17.7. The standard InChI is InChI=1S/C18H23NO5/c1-18(2,3)24-17(22)19-11-14(20)9-10-15(19)16(21)23-12-13-7-5-4-6-8-13/h4-8,15H,9-12H2,1-3H3. The van der Waals surface area contributed by atoms with Crippen molar-refractivity contribution < 1.29 is 23.9 Å².